The molecule has 0 aromatic carbocycles. The lowest BCUT2D eigenvalue weighted by molar-refractivity contribution is 0.579. The maximum atomic E-state index is 8.24. The topological polar surface area (TPSA) is 46.2 Å². The van der Waals surface area contributed by atoms with Gasteiger partial charge in [-0.1, -0.05) is 6.82 Å². The monoisotopic (exact) mass is 73.1 g/mol. The van der Waals surface area contributed by atoms with Gasteiger partial charge in [-0.3, -0.25) is 0 Å². The van der Waals surface area contributed by atoms with Gasteiger partial charge in [0.25, 0.3) is 6.92 Å². The third-order valence-corrected chi connectivity index (χ3v) is 0.341. The summed E-state index contributed by atoms with van der Waals surface area (Å²) in [6.07, 6.45) is 0.361. The third-order valence-electron chi connectivity index (χ3n) is 0.341. The average Bonchev–Trinajstić information content (AvgIpc) is 1.38. The minimum atomic E-state index is -0.338. The first-order valence-electron chi connectivity index (χ1n) is 1.65. The minimum Gasteiger partial charge on any atom is -0.449 e. The molecule has 0 aromatic rings. The van der Waals surface area contributed by atoms with Crippen molar-refractivity contribution < 1.29 is 5.02 Å². The van der Waals surface area contributed by atoms with Gasteiger partial charge in [0, 0.05) is 0 Å². The van der Waals surface area contributed by atoms with Crippen LogP contribution in [0.4, 0.5) is 0 Å². The lowest BCUT2D eigenvalue weighted by atomic mass is 9.73. The summed E-state index contributed by atoms with van der Waals surface area (Å²) >= 11 is 0. The van der Waals surface area contributed by atoms with Crippen LogP contribution in [0.5, 0.6) is 0 Å². The van der Waals surface area contributed by atoms with Gasteiger partial charge in [-0.2, -0.15) is 0 Å². The highest BCUT2D eigenvalue weighted by Gasteiger charge is 1.91. The number of rotatable bonds is 1. The molecule has 5 heavy (non-hydrogen) atoms. The van der Waals surface area contributed by atoms with Gasteiger partial charge >= 0.3 is 0 Å². The second kappa shape index (κ2) is 2.24. The van der Waals surface area contributed by atoms with Crippen molar-refractivity contribution in [2.75, 3.05) is 6.44 Å². The fraction of sp³-hybridized carbons (Fsp3) is 1.00. The molecule has 0 atom stereocenters. The van der Waals surface area contributed by atoms with Crippen LogP contribution in [0, 0.1) is 0 Å². The van der Waals surface area contributed by atoms with E-state index in [2.05, 4.69) is 0 Å². The lowest BCUT2D eigenvalue weighted by Crippen LogP contribution is -2.19. The highest BCUT2D eigenvalue weighted by Crippen LogP contribution is 1.59. The van der Waals surface area contributed by atoms with Gasteiger partial charge in [0.15, 0.2) is 0 Å². The Bertz CT molecular complexity index is 23.6. The molecule has 0 unspecified atom stereocenters. The Morgan fingerprint density at radius 2 is 2.20 bits per heavy atom. The Labute approximate surface area is 32.1 Å². The number of nitrogens with two attached hydrogens (primary N) is 1. The van der Waals surface area contributed by atoms with Gasteiger partial charge in [-0.05, 0) is 6.44 Å². The van der Waals surface area contributed by atoms with Crippen molar-refractivity contribution in [3.8, 4) is 0 Å². The lowest BCUT2D eigenvalue weighted by Gasteiger charge is -1.84. The van der Waals surface area contributed by atoms with E-state index in [-0.39, 0.29) is 6.92 Å². The standard InChI is InChI=1S/C2H8BNO/c1-3(5)2-4/h5H,2,4H2,1H3. The Morgan fingerprint density at radius 3 is 2.20 bits per heavy atom. The molecule has 0 aliphatic heterocycles. The Balaban J connectivity index is 2.54. The van der Waals surface area contributed by atoms with Gasteiger partial charge in [0.2, 0.25) is 0 Å². The third kappa shape index (κ3) is 3.98. The van der Waals surface area contributed by atoms with Crippen LogP contribution >= 0.6 is 0 Å². The molecule has 3 heteroatoms. The van der Waals surface area contributed by atoms with Crippen LogP contribution in [-0.2, 0) is 0 Å². The van der Waals surface area contributed by atoms with Gasteiger partial charge in [-0.15, -0.1) is 0 Å². The zero-order valence-corrected chi connectivity index (χ0v) is 3.31. The molecule has 0 aliphatic rings. The van der Waals surface area contributed by atoms with E-state index in [4.69, 9.17) is 10.8 Å². The van der Waals surface area contributed by atoms with Crippen LogP contribution in [0.15, 0.2) is 0 Å². The summed E-state index contributed by atoms with van der Waals surface area (Å²) in [5, 5.41) is 8.24. The SMILES string of the molecule is CB(O)CN. The van der Waals surface area contributed by atoms with E-state index in [0.29, 0.717) is 6.44 Å². The van der Waals surface area contributed by atoms with Gasteiger partial charge < -0.3 is 10.8 Å². The molecule has 0 spiro atoms. The normalized spacial score (nSPS) is 7.80. The van der Waals surface area contributed by atoms with E-state index >= 15 is 0 Å². The molecule has 0 rings (SSSR count). The largest absolute Gasteiger partial charge is 0.449 e. The van der Waals surface area contributed by atoms with E-state index < -0.39 is 0 Å². The van der Waals surface area contributed by atoms with Crippen molar-refractivity contribution in [2.24, 2.45) is 5.73 Å². The molecule has 0 radical (unpaired) electrons. The highest BCUT2D eigenvalue weighted by molar-refractivity contribution is 6.48. The number of hydrogen-bond acceptors (Lipinski definition) is 2. The van der Waals surface area contributed by atoms with Crippen LogP contribution in [-0.4, -0.2) is 18.4 Å². The van der Waals surface area contributed by atoms with Crippen LogP contribution < -0.4 is 5.73 Å². The first-order valence-corrected chi connectivity index (χ1v) is 1.65. The van der Waals surface area contributed by atoms with Crippen molar-refractivity contribution in [3.63, 3.8) is 0 Å². The molecular weight excluding hydrogens is 64.8 g/mol. The predicted molar refractivity (Wildman–Crippen MR) is 22.9 cm³/mol. The first kappa shape index (κ1) is 4.98. The van der Waals surface area contributed by atoms with Crippen molar-refractivity contribution in [1.29, 1.82) is 0 Å². The molecule has 0 heterocycles. The zero-order chi connectivity index (χ0) is 4.28. The van der Waals surface area contributed by atoms with Crippen molar-refractivity contribution >= 4 is 6.92 Å². The van der Waals surface area contributed by atoms with Gasteiger partial charge in [-0.25, -0.2) is 0 Å². The first-order chi connectivity index (χ1) is 2.27. The van der Waals surface area contributed by atoms with E-state index in [0.717, 1.165) is 0 Å². The molecule has 0 aliphatic carbocycles. The Hall–Kier alpha value is -0.0151. The summed E-state index contributed by atoms with van der Waals surface area (Å²) in [5.74, 6) is 0. The molecule has 0 fully saturated rings. The van der Waals surface area contributed by atoms with Crippen molar-refractivity contribution in [1.82, 2.24) is 0 Å². The molecule has 30 valence electrons. The summed E-state index contributed by atoms with van der Waals surface area (Å²) in [5.41, 5.74) is 4.92. The number of hydrogen-bond donors (Lipinski definition) is 2. The molecule has 0 saturated heterocycles. The second-order valence-electron chi connectivity index (χ2n) is 1.08. The van der Waals surface area contributed by atoms with Crippen LogP contribution in [0.25, 0.3) is 0 Å². The summed E-state index contributed by atoms with van der Waals surface area (Å²) in [6, 6.07) is 0. The van der Waals surface area contributed by atoms with E-state index in [1.165, 1.54) is 0 Å². The summed E-state index contributed by atoms with van der Waals surface area (Å²) in [7, 11) is 0. The average molecular weight is 72.9 g/mol. The zero-order valence-electron chi connectivity index (χ0n) is 3.31. The molecule has 0 amide bonds. The van der Waals surface area contributed by atoms with E-state index in [1.807, 2.05) is 0 Å². The maximum absolute atomic E-state index is 8.24. The Kier molecular flexibility index (Phi) is 2.23. The van der Waals surface area contributed by atoms with Crippen LogP contribution in [0.3, 0.4) is 0 Å². The summed E-state index contributed by atoms with van der Waals surface area (Å²) in [6.45, 7) is 1.31. The predicted octanol–water partition coefficient (Wildman–Crippen LogP) is -0.902. The molecule has 0 aromatic heterocycles. The Morgan fingerprint density at radius 1 is 2.00 bits per heavy atom. The van der Waals surface area contributed by atoms with Crippen LogP contribution in [0.2, 0.25) is 6.82 Å². The van der Waals surface area contributed by atoms with Crippen LogP contribution in [0.1, 0.15) is 0 Å². The highest BCUT2D eigenvalue weighted by atomic mass is 16.2. The summed E-state index contributed by atoms with van der Waals surface area (Å²) in [4.78, 5) is 0. The quantitative estimate of drug-likeness (QED) is 0.395. The smallest absolute Gasteiger partial charge is 0.299 e. The van der Waals surface area contributed by atoms with Crippen molar-refractivity contribution in [3.05, 3.63) is 0 Å². The van der Waals surface area contributed by atoms with Crippen molar-refractivity contribution in [2.45, 2.75) is 6.82 Å². The minimum absolute atomic E-state index is 0.338. The maximum Gasteiger partial charge on any atom is 0.299 e. The summed E-state index contributed by atoms with van der Waals surface area (Å²) < 4.78 is 0. The molecule has 2 nitrogen and oxygen atoms in total. The second-order valence-corrected chi connectivity index (χ2v) is 1.08. The van der Waals surface area contributed by atoms with E-state index in [1.54, 1.807) is 6.82 Å². The molecular formula is C2H8BNO. The molecule has 0 bridgehead atoms. The molecule has 3 N–H and O–H groups in total. The van der Waals surface area contributed by atoms with Gasteiger partial charge in [0.05, 0.1) is 0 Å². The van der Waals surface area contributed by atoms with Gasteiger partial charge in [0.1, 0.15) is 0 Å². The molecule has 0 saturated carbocycles. The van der Waals surface area contributed by atoms with E-state index in [9.17, 15) is 0 Å². The fourth-order valence-electron chi connectivity index (χ4n) is 0. The fourth-order valence-corrected chi connectivity index (χ4v) is 0.